The number of benzene rings is 2. The van der Waals surface area contributed by atoms with Crippen LogP contribution in [0.25, 0.3) is 0 Å². The smallest absolute Gasteiger partial charge is 0.153 e. The normalized spacial score (nSPS) is 21.1. The maximum Gasteiger partial charge on any atom is 0.153 e. The van der Waals surface area contributed by atoms with Crippen LogP contribution in [0, 0.1) is 0 Å². The van der Waals surface area contributed by atoms with Gasteiger partial charge in [-0.2, -0.15) is 0 Å². The molecule has 2 aromatic carbocycles. The van der Waals surface area contributed by atoms with Gasteiger partial charge in [0.1, 0.15) is 11.9 Å². The molecule has 0 N–H and O–H groups in total. The Kier molecular flexibility index (Phi) is 1.30. The highest BCUT2D eigenvalue weighted by atomic mass is 16.5. The van der Waals surface area contributed by atoms with Crippen LogP contribution in [-0.2, 0) is 6.42 Å². The summed E-state index contributed by atoms with van der Waals surface area (Å²) in [5.41, 5.74) is 5.18. The summed E-state index contributed by atoms with van der Waals surface area (Å²) in [5.74, 6) is 1.98. The van der Waals surface area contributed by atoms with Crippen molar-refractivity contribution < 1.29 is 4.74 Å². The number of anilines is 3. The topological polar surface area (TPSA) is 15.7 Å². The van der Waals surface area contributed by atoms with Crippen molar-refractivity contribution in [2.75, 3.05) is 16.8 Å². The van der Waals surface area contributed by atoms with E-state index >= 15 is 0 Å². The summed E-state index contributed by atoms with van der Waals surface area (Å²) in [6.07, 6.45) is 1.48. The zero-order chi connectivity index (χ0) is 11.9. The summed E-state index contributed by atoms with van der Waals surface area (Å²) < 4.78 is 6.06. The molecule has 3 nitrogen and oxygen atoms in total. The third-order valence-corrected chi connectivity index (χ3v) is 4.29. The lowest BCUT2D eigenvalue weighted by atomic mass is 10.1. The van der Waals surface area contributed by atoms with Gasteiger partial charge in [-0.05, 0) is 23.8 Å². The fourth-order valence-corrected chi connectivity index (χ4v) is 3.50. The minimum absolute atomic E-state index is 0.418. The van der Waals surface area contributed by atoms with Crippen LogP contribution >= 0.6 is 0 Å². The van der Waals surface area contributed by atoms with Gasteiger partial charge in [0.25, 0.3) is 0 Å². The van der Waals surface area contributed by atoms with Crippen molar-refractivity contribution in [3.05, 3.63) is 42.0 Å². The number of hydrogen-bond donors (Lipinski definition) is 0. The maximum absolute atomic E-state index is 6.06. The largest absolute Gasteiger partial charge is 0.453 e. The summed E-state index contributed by atoms with van der Waals surface area (Å²) in [5, 5.41) is 0. The van der Waals surface area contributed by atoms with Crippen molar-refractivity contribution in [1.82, 2.24) is 0 Å². The van der Waals surface area contributed by atoms with Gasteiger partial charge >= 0.3 is 0 Å². The molecule has 0 amide bonds. The Morgan fingerprint density at radius 2 is 1.83 bits per heavy atom. The highest BCUT2D eigenvalue weighted by Gasteiger charge is 2.46. The van der Waals surface area contributed by atoms with Gasteiger partial charge in [0.15, 0.2) is 11.5 Å². The molecule has 2 aromatic rings. The molecule has 3 heteroatoms. The summed E-state index contributed by atoms with van der Waals surface area (Å²) in [4.78, 5) is 4.80. The maximum atomic E-state index is 6.06. The minimum Gasteiger partial charge on any atom is -0.453 e. The molecule has 0 aromatic heterocycles. The lowest BCUT2D eigenvalue weighted by Gasteiger charge is -2.28. The van der Waals surface area contributed by atoms with Gasteiger partial charge in [-0.15, -0.1) is 0 Å². The van der Waals surface area contributed by atoms with Gasteiger partial charge in [-0.3, -0.25) is 0 Å². The number of para-hydroxylation sites is 2. The first-order valence-corrected chi connectivity index (χ1v) is 6.29. The van der Waals surface area contributed by atoms with E-state index in [9.17, 15) is 0 Å². The van der Waals surface area contributed by atoms with Crippen LogP contribution < -0.4 is 14.5 Å². The molecule has 1 unspecified atom stereocenters. The number of ether oxygens (including phenoxy) is 1. The molecular formula is C15H12N2O. The van der Waals surface area contributed by atoms with Crippen molar-refractivity contribution in [3.63, 3.8) is 0 Å². The number of rotatable bonds is 0. The Balaban J connectivity index is 1.91. The van der Waals surface area contributed by atoms with Crippen LogP contribution in [-0.4, -0.2) is 13.2 Å². The van der Waals surface area contributed by atoms with Crippen LogP contribution in [0.5, 0.6) is 11.5 Å². The summed E-state index contributed by atoms with van der Waals surface area (Å²) in [6.45, 7) is 0. The Morgan fingerprint density at radius 1 is 1.06 bits per heavy atom. The SMILES string of the molecule is CN1c2cccc3c2N2c4c(cccc4O3)CC12. The minimum atomic E-state index is 0.418. The van der Waals surface area contributed by atoms with E-state index in [0.29, 0.717) is 6.17 Å². The second-order valence-corrected chi connectivity index (χ2v) is 5.16. The molecule has 0 radical (unpaired) electrons. The van der Waals surface area contributed by atoms with Crippen molar-refractivity contribution in [1.29, 1.82) is 0 Å². The van der Waals surface area contributed by atoms with E-state index in [1.807, 2.05) is 0 Å². The highest BCUT2D eigenvalue weighted by molar-refractivity contribution is 5.94. The van der Waals surface area contributed by atoms with Crippen LogP contribution in [0.2, 0.25) is 0 Å². The molecule has 5 rings (SSSR count). The average Bonchev–Trinajstić information content (AvgIpc) is 2.90. The van der Waals surface area contributed by atoms with Crippen molar-refractivity contribution in [2.24, 2.45) is 0 Å². The molecule has 3 heterocycles. The average molecular weight is 236 g/mol. The fourth-order valence-electron chi connectivity index (χ4n) is 3.50. The first-order valence-electron chi connectivity index (χ1n) is 6.29. The molecule has 3 aliphatic rings. The standard InChI is InChI=1S/C15H12N2O/c1-16-10-5-3-7-12-15(10)17-13(16)8-9-4-2-6-11(18-12)14(9)17/h2-7,13H,8H2,1H3. The Bertz CT molecular complexity index is 695. The monoisotopic (exact) mass is 236 g/mol. The van der Waals surface area contributed by atoms with Crippen molar-refractivity contribution in [3.8, 4) is 11.5 Å². The lowest BCUT2D eigenvalue weighted by molar-refractivity contribution is 0.475. The third kappa shape index (κ3) is 0.787. The van der Waals surface area contributed by atoms with Crippen LogP contribution in [0.15, 0.2) is 36.4 Å². The zero-order valence-electron chi connectivity index (χ0n) is 10.1. The Morgan fingerprint density at radius 3 is 2.72 bits per heavy atom. The van der Waals surface area contributed by atoms with E-state index in [4.69, 9.17) is 4.74 Å². The molecule has 0 saturated heterocycles. The van der Waals surface area contributed by atoms with Crippen LogP contribution in [0.4, 0.5) is 17.1 Å². The Labute approximate surface area is 105 Å². The molecule has 18 heavy (non-hydrogen) atoms. The summed E-state index contributed by atoms with van der Waals surface area (Å²) in [7, 11) is 2.17. The number of nitrogens with zero attached hydrogens (tertiary/aromatic N) is 2. The van der Waals surface area contributed by atoms with Gasteiger partial charge in [-0.25, -0.2) is 0 Å². The van der Waals surface area contributed by atoms with Crippen molar-refractivity contribution in [2.45, 2.75) is 12.6 Å². The zero-order valence-corrected chi connectivity index (χ0v) is 10.1. The van der Waals surface area contributed by atoms with Crippen molar-refractivity contribution >= 4 is 17.1 Å². The van der Waals surface area contributed by atoms with Crippen LogP contribution in [0.1, 0.15) is 5.56 Å². The van der Waals surface area contributed by atoms with E-state index in [2.05, 4.69) is 53.2 Å². The van der Waals surface area contributed by atoms with Crippen LogP contribution in [0.3, 0.4) is 0 Å². The Hall–Kier alpha value is -2.16. The van der Waals surface area contributed by atoms with E-state index in [0.717, 1.165) is 17.9 Å². The fraction of sp³-hybridized carbons (Fsp3) is 0.200. The first kappa shape index (κ1) is 8.86. The van der Waals surface area contributed by atoms with E-state index in [1.165, 1.54) is 22.6 Å². The van der Waals surface area contributed by atoms with Gasteiger partial charge < -0.3 is 14.5 Å². The van der Waals surface area contributed by atoms with Gasteiger partial charge in [0.05, 0.1) is 11.4 Å². The molecular weight excluding hydrogens is 224 g/mol. The molecule has 0 fully saturated rings. The predicted molar refractivity (Wildman–Crippen MR) is 71.0 cm³/mol. The first-order chi connectivity index (χ1) is 8.84. The molecule has 0 saturated carbocycles. The van der Waals surface area contributed by atoms with E-state index in [-0.39, 0.29) is 0 Å². The van der Waals surface area contributed by atoms with E-state index in [1.54, 1.807) is 0 Å². The highest BCUT2D eigenvalue weighted by Crippen LogP contribution is 2.59. The van der Waals surface area contributed by atoms with Gasteiger partial charge in [-0.1, -0.05) is 18.2 Å². The molecule has 0 aliphatic carbocycles. The summed E-state index contributed by atoms with van der Waals surface area (Å²) >= 11 is 0. The molecule has 0 spiro atoms. The third-order valence-electron chi connectivity index (χ3n) is 4.29. The molecule has 1 atom stereocenters. The van der Waals surface area contributed by atoms with Gasteiger partial charge in [0.2, 0.25) is 0 Å². The quantitative estimate of drug-likeness (QED) is 0.698. The van der Waals surface area contributed by atoms with Gasteiger partial charge in [0, 0.05) is 13.5 Å². The van der Waals surface area contributed by atoms with E-state index < -0.39 is 0 Å². The second-order valence-electron chi connectivity index (χ2n) is 5.16. The predicted octanol–water partition coefficient (Wildman–Crippen LogP) is 3.26. The molecule has 88 valence electrons. The summed E-state index contributed by atoms with van der Waals surface area (Å²) in [6, 6.07) is 12.7. The lowest BCUT2D eigenvalue weighted by Crippen LogP contribution is -2.36. The molecule has 3 aliphatic heterocycles. The molecule has 0 bridgehead atoms. The second kappa shape index (κ2) is 2.64. The number of hydrogen-bond acceptors (Lipinski definition) is 3. The number of likely N-dealkylation sites (N-methyl/N-ethyl adjacent to an activating group) is 1.